The molecular weight excluding hydrogens is 346 g/mol. The van der Waals surface area contributed by atoms with E-state index in [1.165, 1.54) is 0 Å². The summed E-state index contributed by atoms with van der Waals surface area (Å²) in [4.78, 5) is 24.1. The summed E-state index contributed by atoms with van der Waals surface area (Å²) in [6.07, 6.45) is 0.161. The summed E-state index contributed by atoms with van der Waals surface area (Å²) >= 11 is 0. The summed E-state index contributed by atoms with van der Waals surface area (Å²) in [5, 5.41) is 2.38. The highest BCUT2D eigenvalue weighted by atomic mass is 32.2. The average Bonchev–Trinajstić information content (AvgIpc) is 2.47. The molecule has 0 bridgehead atoms. The normalized spacial score (nSPS) is 13.0. The van der Waals surface area contributed by atoms with Crippen molar-refractivity contribution in [2.24, 2.45) is 0 Å². The van der Waals surface area contributed by atoms with Gasteiger partial charge in [0.05, 0.1) is 5.75 Å². The first-order valence-corrected chi connectivity index (χ1v) is 9.90. The predicted molar refractivity (Wildman–Crippen MR) is 93.7 cm³/mol. The molecule has 0 unspecified atom stereocenters. The second-order valence-electron chi connectivity index (χ2n) is 6.71. The van der Waals surface area contributed by atoms with E-state index >= 15 is 0 Å². The van der Waals surface area contributed by atoms with Crippen LogP contribution in [0, 0.1) is 0 Å². The minimum absolute atomic E-state index is 0.0415. The van der Waals surface area contributed by atoms with E-state index in [9.17, 15) is 18.0 Å². The van der Waals surface area contributed by atoms with Crippen molar-refractivity contribution in [3.63, 3.8) is 0 Å². The maximum absolute atomic E-state index is 12.2. The molecule has 140 valence electrons. The van der Waals surface area contributed by atoms with Gasteiger partial charge >= 0.3 is 12.1 Å². The molecule has 1 rings (SSSR count). The van der Waals surface area contributed by atoms with Crippen LogP contribution in [0.25, 0.3) is 0 Å². The van der Waals surface area contributed by atoms with Gasteiger partial charge in [-0.25, -0.2) is 18.0 Å². The minimum atomic E-state index is -3.29. The van der Waals surface area contributed by atoms with Crippen LogP contribution < -0.4 is 5.32 Å². The van der Waals surface area contributed by atoms with Crippen LogP contribution in [0.4, 0.5) is 4.79 Å². The Kier molecular flexibility index (Phi) is 7.41. The van der Waals surface area contributed by atoms with Crippen molar-refractivity contribution in [2.45, 2.75) is 45.4 Å². The van der Waals surface area contributed by atoms with Gasteiger partial charge in [0.25, 0.3) is 0 Å². The van der Waals surface area contributed by atoms with E-state index in [-0.39, 0.29) is 18.8 Å². The summed E-state index contributed by atoms with van der Waals surface area (Å²) in [5.41, 5.74) is 0.0402. The molecular formula is C17H25NO6S. The third-order valence-corrected chi connectivity index (χ3v) is 3.95. The first-order chi connectivity index (χ1) is 11.5. The molecule has 0 aliphatic rings. The van der Waals surface area contributed by atoms with Gasteiger partial charge in [-0.15, -0.1) is 0 Å². The molecule has 0 spiro atoms. The highest BCUT2D eigenvalue weighted by Gasteiger charge is 2.28. The largest absolute Gasteiger partial charge is 0.458 e. The molecule has 1 atom stereocenters. The fourth-order valence-electron chi connectivity index (χ4n) is 1.86. The van der Waals surface area contributed by atoms with Crippen LogP contribution in [0.2, 0.25) is 0 Å². The van der Waals surface area contributed by atoms with Gasteiger partial charge in [-0.1, -0.05) is 30.3 Å². The molecule has 0 radical (unpaired) electrons. The van der Waals surface area contributed by atoms with Gasteiger partial charge in [0.15, 0.2) is 0 Å². The molecule has 0 aliphatic heterocycles. The second kappa shape index (κ2) is 8.84. The number of nitrogens with one attached hydrogen (secondary N) is 1. The maximum Gasteiger partial charge on any atom is 0.408 e. The van der Waals surface area contributed by atoms with Gasteiger partial charge < -0.3 is 14.8 Å². The first kappa shape index (κ1) is 21.0. The van der Waals surface area contributed by atoms with E-state index in [0.717, 1.165) is 11.8 Å². The van der Waals surface area contributed by atoms with E-state index in [4.69, 9.17) is 9.47 Å². The molecule has 7 nitrogen and oxygen atoms in total. The number of ether oxygens (including phenoxy) is 2. The molecule has 0 aliphatic carbocycles. The lowest BCUT2D eigenvalue weighted by atomic mass is 10.1. The molecule has 25 heavy (non-hydrogen) atoms. The number of hydrogen-bond acceptors (Lipinski definition) is 6. The van der Waals surface area contributed by atoms with Crippen molar-refractivity contribution < 1.29 is 27.5 Å². The second-order valence-corrected chi connectivity index (χ2v) is 8.97. The number of carbonyl (C=O) groups excluding carboxylic acids is 2. The van der Waals surface area contributed by atoms with Crippen molar-refractivity contribution >= 4 is 21.9 Å². The smallest absolute Gasteiger partial charge is 0.408 e. The Balaban J connectivity index is 2.67. The van der Waals surface area contributed by atoms with Crippen molar-refractivity contribution in [3.8, 4) is 0 Å². The molecule has 0 saturated carbocycles. The first-order valence-electron chi connectivity index (χ1n) is 7.84. The Morgan fingerprint density at radius 2 is 1.76 bits per heavy atom. The molecule has 0 saturated heterocycles. The zero-order valence-corrected chi connectivity index (χ0v) is 15.8. The van der Waals surface area contributed by atoms with Crippen LogP contribution in [-0.2, 0) is 30.7 Å². The van der Waals surface area contributed by atoms with Crippen molar-refractivity contribution in [1.82, 2.24) is 5.32 Å². The fourth-order valence-corrected chi connectivity index (χ4v) is 2.52. The number of amides is 1. The zero-order chi connectivity index (χ0) is 19.1. The van der Waals surface area contributed by atoms with E-state index in [1.807, 2.05) is 18.2 Å². The van der Waals surface area contributed by atoms with Gasteiger partial charge in [0, 0.05) is 6.26 Å². The summed E-state index contributed by atoms with van der Waals surface area (Å²) in [6, 6.07) is 7.95. The van der Waals surface area contributed by atoms with E-state index in [2.05, 4.69) is 5.32 Å². The van der Waals surface area contributed by atoms with Gasteiger partial charge in [0.2, 0.25) is 0 Å². The molecule has 1 amide bonds. The van der Waals surface area contributed by atoms with Crippen LogP contribution in [0.3, 0.4) is 0 Å². The van der Waals surface area contributed by atoms with Crippen molar-refractivity contribution in [3.05, 3.63) is 35.9 Å². The quantitative estimate of drug-likeness (QED) is 0.737. The van der Waals surface area contributed by atoms with Crippen molar-refractivity contribution in [2.75, 3.05) is 12.0 Å². The van der Waals surface area contributed by atoms with Crippen molar-refractivity contribution in [1.29, 1.82) is 0 Å². The standard InChI is InChI=1S/C17H25NO6S/c1-17(2,3)24-15(19)14(10-11-25(4,21)22)18-16(20)23-12-13-8-6-5-7-9-13/h5-9,14H,10-12H2,1-4H3,(H,18,20)/t14-/m0/s1. The number of esters is 1. The third kappa shape index (κ3) is 9.71. The number of sulfone groups is 1. The van der Waals surface area contributed by atoms with Crippen LogP contribution >= 0.6 is 0 Å². The number of carbonyl (C=O) groups is 2. The van der Waals surface area contributed by atoms with Gasteiger partial charge in [-0.3, -0.25) is 0 Å². The third-order valence-electron chi connectivity index (χ3n) is 2.97. The predicted octanol–water partition coefficient (Wildman–Crippen LogP) is 2.06. The summed E-state index contributed by atoms with van der Waals surface area (Å²) in [5.74, 6) is -0.955. The zero-order valence-electron chi connectivity index (χ0n) is 14.9. The molecule has 0 heterocycles. The molecule has 1 N–H and O–H groups in total. The molecule has 8 heteroatoms. The van der Waals surface area contributed by atoms with Crippen LogP contribution in [-0.4, -0.2) is 44.1 Å². The fraction of sp³-hybridized carbons (Fsp3) is 0.529. The van der Waals surface area contributed by atoms with Gasteiger partial charge in [-0.2, -0.15) is 0 Å². The van der Waals surface area contributed by atoms with Gasteiger partial charge in [-0.05, 0) is 32.8 Å². The number of alkyl carbamates (subject to hydrolysis) is 1. The van der Waals surface area contributed by atoms with Crippen LogP contribution in [0.1, 0.15) is 32.8 Å². The maximum atomic E-state index is 12.2. The lowest BCUT2D eigenvalue weighted by molar-refractivity contribution is -0.157. The van der Waals surface area contributed by atoms with E-state index in [1.54, 1.807) is 32.9 Å². The molecule has 0 aromatic heterocycles. The number of benzene rings is 1. The van der Waals surface area contributed by atoms with Crippen LogP contribution in [0.5, 0.6) is 0 Å². The number of rotatable bonds is 7. The SMILES string of the molecule is CC(C)(C)OC(=O)[C@H](CCS(C)(=O)=O)NC(=O)OCc1ccccc1. The Bertz CT molecular complexity index is 679. The highest BCUT2D eigenvalue weighted by Crippen LogP contribution is 2.11. The summed E-state index contributed by atoms with van der Waals surface area (Å²) < 4.78 is 33.0. The van der Waals surface area contributed by atoms with Gasteiger partial charge in [0.1, 0.15) is 28.1 Å². The molecule has 1 aromatic rings. The minimum Gasteiger partial charge on any atom is -0.458 e. The number of hydrogen-bond donors (Lipinski definition) is 1. The van der Waals surface area contributed by atoms with E-state index < -0.39 is 33.5 Å². The summed E-state index contributed by atoms with van der Waals surface area (Å²) in [7, 11) is -3.29. The Hall–Kier alpha value is -2.09. The molecule has 1 aromatic carbocycles. The Morgan fingerprint density at radius 1 is 1.16 bits per heavy atom. The highest BCUT2D eigenvalue weighted by molar-refractivity contribution is 7.90. The lowest BCUT2D eigenvalue weighted by Gasteiger charge is -2.24. The summed E-state index contributed by atoms with van der Waals surface area (Å²) in [6.45, 7) is 5.10. The Labute approximate surface area is 148 Å². The monoisotopic (exact) mass is 371 g/mol. The van der Waals surface area contributed by atoms with E-state index in [0.29, 0.717) is 0 Å². The average molecular weight is 371 g/mol. The lowest BCUT2D eigenvalue weighted by Crippen LogP contribution is -2.45. The molecule has 0 fully saturated rings. The Morgan fingerprint density at radius 3 is 2.28 bits per heavy atom. The van der Waals surface area contributed by atoms with Crippen LogP contribution in [0.15, 0.2) is 30.3 Å². The topological polar surface area (TPSA) is 98.8 Å².